The maximum atomic E-state index is 10.4. The molecule has 0 aliphatic carbocycles. The number of aliphatic hydroxyl groups excluding tert-OH is 1. The van der Waals surface area contributed by atoms with Gasteiger partial charge in [-0.3, -0.25) is 0 Å². The number of imidazole rings is 1. The van der Waals surface area contributed by atoms with Gasteiger partial charge in [0.1, 0.15) is 18.7 Å². The van der Waals surface area contributed by atoms with E-state index >= 15 is 0 Å². The zero-order valence-corrected chi connectivity index (χ0v) is 13.2. The first-order chi connectivity index (χ1) is 10.6. The molecule has 1 aromatic heterocycles. The summed E-state index contributed by atoms with van der Waals surface area (Å²) >= 11 is 0. The van der Waals surface area contributed by atoms with E-state index in [1.165, 1.54) is 0 Å². The van der Waals surface area contributed by atoms with Crippen molar-refractivity contribution in [1.29, 1.82) is 0 Å². The van der Waals surface area contributed by atoms with Crippen LogP contribution in [0.1, 0.15) is 37.8 Å². The van der Waals surface area contributed by atoms with Crippen LogP contribution in [0.25, 0.3) is 0 Å². The number of aromatic nitrogens is 2. The van der Waals surface area contributed by atoms with Gasteiger partial charge < -0.3 is 20.1 Å². The van der Waals surface area contributed by atoms with Crippen molar-refractivity contribution in [3.8, 4) is 0 Å². The zero-order chi connectivity index (χ0) is 15.9. The van der Waals surface area contributed by atoms with E-state index in [-0.39, 0.29) is 6.04 Å². The Morgan fingerprint density at radius 2 is 2.00 bits per heavy atom. The molecule has 0 amide bonds. The number of hydrogen-bond acceptors (Lipinski definition) is 4. The summed E-state index contributed by atoms with van der Waals surface area (Å²) in [6.45, 7) is 5.03. The third-order valence-electron chi connectivity index (χ3n) is 3.50. The molecule has 0 bridgehead atoms. The fourth-order valence-corrected chi connectivity index (χ4v) is 2.40. The minimum atomic E-state index is -0.780. The molecule has 5 heteroatoms. The average Bonchev–Trinajstić information content (AvgIpc) is 2.95. The molecule has 0 spiro atoms. The fourth-order valence-electron chi connectivity index (χ4n) is 2.40. The summed E-state index contributed by atoms with van der Waals surface area (Å²) in [6.07, 6.45) is 3.43. The number of hydrogen-bond donors (Lipinski definition) is 2. The topological polar surface area (TPSA) is 73.3 Å². The van der Waals surface area contributed by atoms with Crippen molar-refractivity contribution in [3.05, 3.63) is 54.1 Å². The number of ether oxygens (including phenoxy) is 1. The SMILES string of the molecule is CC(C)C[C@H](N)C(O)c1nccn1COCc1ccccc1. The first-order valence-corrected chi connectivity index (χ1v) is 7.64. The van der Waals surface area contributed by atoms with Crippen molar-refractivity contribution in [2.45, 2.75) is 45.8 Å². The minimum absolute atomic E-state index is 0.324. The van der Waals surface area contributed by atoms with E-state index in [1.807, 2.05) is 30.3 Å². The summed E-state index contributed by atoms with van der Waals surface area (Å²) in [4.78, 5) is 4.22. The Hall–Kier alpha value is -1.69. The van der Waals surface area contributed by atoms with Crippen LogP contribution < -0.4 is 5.73 Å². The Bertz CT molecular complexity index is 554. The molecule has 0 radical (unpaired) electrons. The number of rotatable bonds is 8. The Balaban J connectivity index is 1.91. The first kappa shape index (κ1) is 16.7. The predicted molar refractivity (Wildman–Crippen MR) is 85.8 cm³/mol. The lowest BCUT2D eigenvalue weighted by molar-refractivity contribution is 0.0508. The summed E-state index contributed by atoms with van der Waals surface area (Å²) in [5, 5.41) is 10.4. The van der Waals surface area contributed by atoms with E-state index in [1.54, 1.807) is 17.0 Å². The lowest BCUT2D eigenvalue weighted by Crippen LogP contribution is -2.31. The lowest BCUT2D eigenvalue weighted by Gasteiger charge is -2.21. The zero-order valence-electron chi connectivity index (χ0n) is 13.2. The van der Waals surface area contributed by atoms with Crippen LogP contribution >= 0.6 is 0 Å². The van der Waals surface area contributed by atoms with Gasteiger partial charge in [0.15, 0.2) is 0 Å². The number of aliphatic hydroxyl groups is 1. The third kappa shape index (κ3) is 4.66. The van der Waals surface area contributed by atoms with Gasteiger partial charge in [0.25, 0.3) is 0 Å². The molecule has 3 N–H and O–H groups in total. The number of nitrogens with two attached hydrogens (primary N) is 1. The summed E-state index contributed by atoms with van der Waals surface area (Å²) < 4.78 is 7.49. The monoisotopic (exact) mass is 303 g/mol. The molecule has 0 saturated heterocycles. The van der Waals surface area contributed by atoms with E-state index in [0.29, 0.717) is 25.1 Å². The Labute approximate surface area is 131 Å². The van der Waals surface area contributed by atoms with Crippen molar-refractivity contribution in [2.24, 2.45) is 11.7 Å². The molecule has 2 atom stereocenters. The average molecular weight is 303 g/mol. The molecule has 22 heavy (non-hydrogen) atoms. The Kier molecular flexibility index (Phi) is 6.12. The van der Waals surface area contributed by atoms with Crippen LogP contribution in [-0.4, -0.2) is 20.7 Å². The number of benzene rings is 1. The third-order valence-corrected chi connectivity index (χ3v) is 3.50. The van der Waals surface area contributed by atoms with Crippen molar-refractivity contribution < 1.29 is 9.84 Å². The smallest absolute Gasteiger partial charge is 0.141 e. The van der Waals surface area contributed by atoms with Gasteiger partial charge in [-0.05, 0) is 17.9 Å². The van der Waals surface area contributed by atoms with Crippen molar-refractivity contribution in [1.82, 2.24) is 9.55 Å². The molecule has 2 aromatic rings. The molecule has 1 heterocycles. The second-order valence-corrected chi connectivity index (χ2v) is 5.96. The molecule has 1 aromatic carbocycles. The molecular weight excluding hydrogens is 278 g/mol. The van der Waals surface area contributed by atoms with Crippen LogP contribution in [-0.2, 0) is 18.1 Å². The quantitative estimate of drug-likeness (QED) is 0.785. The standard InChI is InChI=1S/C17H25N3O2/c1-13(2)10-15(18)16(21)17-19-8-9-20(17)12-22-11-14-6-4-3-5-7-14/h3-9,13,15-16,21H,10-12,18H2,1-2H3/t15-,16?/m0/s1. The molecule has 0 saturated carbocycles. The highest BCUT2D eigenvalue weighted by Crippen LogP contribution is 2.19. The van der Waals surface area contributed by atoms with Crippen LogP contribution in [0.4, 0.5) is 0 Å². The molecule has 1 unspecified atom stereocenters. The van der Waals surface area contributed by atoms with Gasteiger partial charge in [0, 0.05) is 18.4 Å². The summed E-state index contributed by atoms with van der Waals surface area (Å²) in [6, 6.07) is 9.65. The first-order valence-electron chi connectivity index (χ1n) is 7.64. The summed E-state index contributed by atoms with van der Waals surface area (Å²) in [7, 11) is 0. The highest BCUT2D eigenvalue weighted by Gasteiger charge is 2.22. The van der Waals surface area contributed by atoms with Crippen LogP contribution in [0.3, 0.4) is 0 Å². The van der Waals surface area contributed by atoms with E-state index in [9.17, 15) is 5.11 Å². The largest absolute Gasteiger partial charge is 0.384 e. The molecular formula is C17H25N3O2. The maximum absolute atomic E-state index is 10.4. The lowest BCUT2D eigenvalue weighted by atomic mass is 10.00. The minimum Gasteiger partial charge on any atom is -0.384 e. The fraction of sp³-hybridized carbons (Fsp3) is 0.471. The van der Waals surface area contributed by atoms with Gasteiger partial charge in [-0.1, -0.05) is 44.2 Å². The van der Waals surface area contributed by atoms with Gasteiger partial charge in [-0.25, -0.2) is 4.98 Å². The molecule has 0 aliphatic rings. The highest BCUT2D eigenvalue weighted by molar-refractivity contribution is 5.13. The molecule has 5 nitrogen and oxygen atoms in total. The van der Waals surface area contributed by atoms with E-state index in [4.69, 9.17) is 10.5 Å². The van der Waals surface area contributed by atoms with Gasteiger partial charge in [-0.15, -0.1) is 0 Å². The van der Waals surface area contributed by atoms with Crippen molar-refractivity contribution in [2.75, 3.05) is 0 Å². The van der Waals surface area contributed by atoms with E-state index < -0.39 is 6.10 Å². The van der Waals surface area contributed by atoms with Gasteiger partial charge in [0.2, 0.25) is 0 Å². The Morgan fingerprint density at radius 3 is 2.68 bits per heavy atom. The second kappa shape index (κ2) is 8.08. The molecule has 0 fully saturated rings. The van der Waals surface area contributed by atoms with E-state index in [2.05, 4.69) is 18.8 Å². The second-order valence-electron chi connectivity index (χ2n) is 5.96. The molecule has 2 rings (SSSR count). The Morgan fingerprint density at radius 1 is 1.27 bits per heavy atom. The predicted octanol–water partition coefficient (Wildman–Crippen LogP) is 2.46. The summed E-state index contributed by atoms with van der Waals surface area (Å²) in [5.41, 5.74) is 7.17. The maximum Gasteiger partial charge on any atom is 0.141 e. The van der Waals surface area contributed by atoms with E-state index in [0.717, 1.165) is 12.0 Å². The van der Waals surface area contributed by atoms with Crippen LogP contribution in [0, 0.1) is 5.92 Å². The van der Waals surface area contributed by atoms with Crippen molar-refractivity contribution >= 4 is 0 Å². The van der Waals surface area contributed by atoms with Crippen LogP contribution in [0.2, 0.25) is 0 Å². The van der Waals surface area contributed by atoms with Gasteiger partial charge >= 0.3 is 0 Å². The highest BCUT2D eigenvalue weighted by atomic mass is 16.5. The summed E-state index contributed by atoms with van der Waals surface area (Å²) in [5.74, 6) is 0.989. The van der Waals surface area contributed by atoms with Gasteiger partial charge in [0.05, 0.1) is 6.61 Å². The van der Waals surface area contributed by atoms with Crippen LogP contribution in [0.15, 0.2) is 42.7 Å². The molecule has 120 valence electrons. The molecule has 0 aliphatic heterocycles. The van der Waals surface area contributed by atoms with Crippen LogP contribution in [0.5, 0.6) is 0 Å². The van der Waals surface area contributed by atoms with Crippen molar-refractivity contribution in [3.63, 3.8) is 0 Å². The van der Waals surface area contributed by atoms with Gasteiger partial charge in [-0.2, -0.15) is 0 Å². The number of nitrogens with zero attached hydrogens (tertiary/aromatic N) is 2. The normalized spacial score (nSPS) is 14.2.